The molecule has 1 saturated heterocycles. The summed E-state index contributed by atoms with van der Waals surface area (Å²) in [5.41, 5.74) is 2.95. The first kappa shape index (κ1) is 18.9. The molecule has 0 aliphatic carbocycles. The van der Waals surface area contributed by atoms with Gasteiger partial charge in [-0.3, -0.25) is 14.7 Å². The molecule has 0 aromatic carbocycles. The second kappa shape index (κ2) is 8.18. The van der Waals surface area contributed by atoms with Crippen molar-refractivity contribution in [3.8, 4) is 0 Å². The maximum atomic E-state index is 12.4. The summed E-state index contributed by atoms with van der Waals surface area (Å²) >= 11 is 6.36. The van der Waals surface area contributed by atoms with Crippen molar-refractivity contribution in [1.29, 1.82) is 0 Å². The van der Waals surface area contributed by atoms with Gasteiger partial charge in [0.05, 0.1) is 11.9 Å². The fourth-order valence-electron chi connectivity index (χ4n) is 3.26. The van der Waals surface area contributed by atoms with Crippen molar-refractivity contribution in [1.82, 2.24) is 19.7 Å². The first-order chi connectivity index (χ1) is 12.4. The molecule has 0 bridgehead atoms. The highest BCUT2D eigenvalue weighted by atomic mass is 35.5. The molecule has 1 aliphatic heterocycles. The molecule has 0 saturated carbocycles. The minimum Gasteiger partial charge on any atom is -0.366 e. The number of halogens is 1. The van der Waals surface area contributed by atoms with Crippen LogP contribution in [0.1, 0.15) is 25.0 Å². The SMILES string of the molecule is Cc1cncc(CN2CCN(c3cnn(CC(C)C)c(=O)c3Cl)CC2)c1. The topological polar surface area (TPSA) is 54.3 Å². The van der Waals surface area contributed by atoms with E-state index in [1.54, 1.807) is 6.20 Å². The van der Waals surface area contributed by atoms with Gasteiger partial charge in [0, 0.05) is 51.7 Å². The minimum absolute atomic E-state index is 0.203. The van der Waals surface area contributed by atoms with Gasteiger partial charge in [0.15, 0.2) is 0 Å². The highest BCUT2D eigenvalue weighted by molar-refractivity contribution is 6.33. The molecule has 0 amide bonds. The van der Waals surface area contributed by atoms with Crippen LogP contribution >= 0.6 is 11.6 Å². The lowest BCUT2D eigenvalue weighted by Gasteiger charge is -2.36. The van der Waals surface area contributed by atoms with Crippen LogP contribution in [0.15, 0.2) is 29.5 Å². The molecule has 26 heavy (non-hydrogen) atoms. The molecule has 2 aromatic heterocycles. The third-order valence-corrected chi connectivity index (χ3v) is 4.91. The van der Waals surface area contributed by atoms with Crippen molar-refractivity contribution < 1.29 is 0 Å². The van der Waals surface area contributed by atoms with Gasteiger partial charge >= 0.3 is 0 Å². The summed E-state index contributed by atoms with van der Waals surface area (Å²) in [5, 5.41) is 4.58. The van der Waals surface area contributed by atoms with Crippen molar-refractivity contribution in [3.63, 3.8) is 0 Å². The van der Waals surface area contributed by atoms with Crippen LogP contribution in [-0.2, 0) is 13.1 Å². The molecule has 3 rings (SSSR count). The van der Waals surface area contributed by atoms with E-state index in [0.29, 0.717) is 12.5 Å². The molecule has 1 aliphatic rings. The summed E-state index contributed by atoms with van der Waals surface area (Å²) in [5.74, 6) is 0.349. The van der Waals surface area contributed by atoms with Gasteiger partial charge in [0.1, 0.15) is 5.02 Å². The highest BCUT2D eigenvalue weighted by Crippen LogP contribution is 2.23. The monoisotopic (exact) mass is 375 g/mol. The fourth-order valence-corrected chi connectivity index (χ4v) is 3.53. The first-order valence-corrected chi connectivity index (χ1v) is 9.45. The Morgan fingerprint density at radius 2 is 1.88 bits per heavy atom. The summed E-state index contributed by atoms with van der Waals surface area (Å²) in [6.07, 6.45) is 5.53. The minimum atomic E-state index is -0.203. The Labute approximate surface area is 159 Å². The maximum absolute atomic E-state index is 12.4. The fraction of sp³-hybridized carbons (Fsp3) is 0.526. The summed E-state index contributed by atoms with van der Waals surface area (Å²) < 4.78 is 1.46. The van der Waals surface area contributed by atoms with E-state index < -0.39 is 0 Å². The third-order valence-electron chi connectivity index (χ3n) is 4.56. The smallest absolute Gasteiger partial charge is 0.287 e. The van der Waals surface area contributed by atoms with Crippen molar-refractivity contribution in [2.75, 3.05) is 31.1 Å². The maximum Gasteiger partial charge on any atom is 0.287 e. The number of aromatic nitrogens is 3. The quantitative estimate of drug-likeness (QED) is 0.804. The normalized spacial score (nSPS) is 15.7. The molecule has 1 fully saturated rings. The molecular formula is C19H26ClN5O. The van der Waals surface area contributed by atoms with Crippen LogP contribution in [0.4, 0.5) is 5.69 Å². The number of anilines is 1. The summed E-state index contributed by atoms with van der Waals surface area (Å²) in [7, 11) is 0. The Balaban J connectivity index is 1.64. The number of rotatable bonds is 5. The van der Waals surface area contributed by atoms with Crippen molar-refractivity contribution in [3.05, 3.63) is 51.2 Å². The van der Waals surface area contributed by atoms with E-state index in [0.717, 1.165) is 38.4 Å². The van der Waals surface area contributed by atoms with Crippen molar-refractivity contribution >= 4 is 17.3 Å². The lowest BCUT2D eigenvalue weighted by molar-refractivity contribution is 0.249. The van der Waals surface area contributed by atoms with Crippen LogP contribution in [0, 0.1) is 12.8 Å². The van der Waals surface area contributed by atoms with E-state index in [4.69, 9.17) is 11.6 Å². The van der Waals surface area contributed by atoms with Gasteiger partial charge in [-0.1, -0.05) is 31.5 Å². The molecule has 3 heterocycles. The number of hydrogen-bond donors (Lipinski definition) is 0. The summed E-state index contributed by atoms with van der Waals surface area (Å²) in [6, 6.07) is 2.18. The Kier molecular flexibility index (Phi) is 5.94. The predicted molar refractivity (Wildman–Crippen MR) is 105 cm³/mol. The number of hydrogen-bond acceptors (Lipinski definition) is 5. The molecule has 0 unspecified atom stereocenters. The van der Waals surface area contributed by atoms with Crippen LogP contribution in [0.5, 0.6) is 0 Å². The lowest BCUT2D eigenvalue weighted by atomic mass is 10.2. The van der Waals surface area contributed by atoms with E-state index in [2.05, 4.69) is 46.7 Å². The summed E-state index contributed by atoms with van der Waals surface area (Å²) in [6.45, 7) is 11.1. The lowest BCUT2D eigenvalue weighted by Crippen LogP contribution is -2.46. The molecule has 0 spiro atoms. The molecule has 0 radical (unpaired) electrons. The van der Waals surface area contributed by atoms with Gasteiger partial charge in [-0.05, 0) is 24.0 Å². The second-order valence-corrected chi connectivity index (χ2v) is 7.74. The average molecular weight is 376 g/mol. The molecule has 6 nitrogen and oxygen atoms in total. The van der Waals surface area contributed by atoms with Crippen LogP contribution in [0.25, 0.3) is 0 Å². The summed E-state index contributed by atoms with van der Waals surface area (Å²) in [4.78, 5) is 21.2. The van der Waals surface area contributed by atoms with Gasteiger partial charge < -0.3 is 4.90 Å². The number of nitrogens with zero attached hydrogens (tertiary/aromatic N) is 5. The van der Waals surface area contributed by atoms with E-state index >= 15 is 0 Å². The van der Waals surface area contributed by atoms with Gasteiger partial charge in [-0.15, -0.1) is 0 Å². The van der Waals surface area contributed by atoms with E-state index in [-0.39, 0.29) is 10.6 Å². The van der Waals surface area contributed by atoms with Crippen LogP contribution in [0.2, 0.25) is 5.02 Å². The van der Waals surface area contributed by atoms with Gasteiger partial charge in [0.2, 0.25) is 0 Å². The molecule has 0 N–H and O–H groups in total. The Hall–Kier alpha value is -1.92. The first-order valence-electron chi connectivity index (χ1n) is 9.07. The largest absolute Gasteiger partial charge is 0.366 e. The van der Waals surface area contributed by atoms with Crippen LogP contribution in [0.3, 0.4) is 0 Å². The van der Waals surface area contributed by atoms with E-state index in [9.17, 15) is 4.79 Å². The Bertz CT molecular complexity index is 812. The van der Waals surface area contributed by atoms with Gasteiger partial charge in [-0.25, -0.2) is 4.68 Å². The molecular weight excluding hydrogens is 350 g/mol. The zero-order valence-electron chi connectivity index (χ0n) is 15.7. The van der Waals surface area contributed by atoms with E-state index in [1.807, 2.05) is 12.4 Å². The number of pyridine rings is 1. The second-order valence-electron chi connectivity index (χ2n) is 7.36. The zero-order chi connectivity index (χ0) is 18.7. The highest BCUT2D eigenvalue weighted by Gasteiger charge is 2.21. The standard InChI is InChI=1S/C19H26ClN5O/c1-14(2)12-25-19(26)18(20)17(11-22-25)24-6-4-23(5-7-24)13-16-8-15(3)9-21-10-16/h8-11,14H,4-7,12-13H2,1-3H3. The predicted octanol–water partition coefficient (Wildman–Crippen LogP) is 2.58. The van der Waals surface area contributed by atoms with E-state index in [1.165, 1.54) is 15.8 Å². The zero-order valence-corrected chi connectivity index (χ0v) is 16.4. The number of aryl methyl sites for hydroxylation is 1. The molecule has 0 atom stereocenters. The molecule has 140 valence electrons. The van der Waals surface area contributed by atoms with Crippen molar-refractivity contribution in [2.24, 2.45) is 5.92 Å². The molecule has 2 aromatic rings. The Morgan fingerprint density at radius 1 is 1.15 bits per heavy atom. The number of piperazine rings is 1. The van der Waals surface area contributed by atoms with Gasteiger partial charge in [-0.2, -0.15) is 5.10 Å². The molecule has 7 heteroatoms. The van der Waals surface area contributed by atoms with Crippen LogP contribution in [-0.4, -0.2) is 45.8 Å². The van der Waals surface area contributed by atoms with Gasteiger partial charge in [0.25, 0.3) is 5.56 Å². The van der Waals surface area contributed by atoms with Crippen LogP contribution < -0.4 is 10.5 Å². The average Bonchev–Trinajstić information content (AvgIpc) is 2.60. The van der Waals surface area contributed by atoms with Crippen molar-refractivity contribution in [2.45, 2.75) is 33.9 Å². The third kappa shape index (κ3) is 4.43. The Morgan fingerprint density at radius 3 is 2.54 bits per heavy atom.